The van der Waals surface area contributed by atoms with Crippen LogP contribution < -0.4 is 0 Å². The number of hydrogen-bond acceptors (Lipinski definition) is 11. The average Bonchev–Trinajstić information content (AvgIpc) is 2.63. The van der Waals surface area contributed by atoms with Gasteiger partial charge in [0.2, 0.25) is 6.29 Å². The zero-order chi connectivity index (χ0) is 20.6. The highest BCUT2D eigenvalue weighted by Gasteiger charge is 2.51. The molecule has 3 rings (SSSR count). The van der Waals surface area contributed by atoms with Crippen molar-refractivity contribution < 1.29 is 53.7 Å². The molecule has 158 valence electrons. The summed E-state index contributed by atoms with van der Waals surface area (Å²) < 4.78 is 26.9. The van der Waals surface area contributed by atoms with Crippen molar-refractivity contribution in [2.24, 2.45) is 11.8 Å². The Morgan fingerprint density at radius 2 is 1.93 bits per heavy atom. The van der Waals surface area contributed by atoms with Gasteiger partial charge >= 0.3 is 11.9 Å². The highest BCUT2D eigenvalue weighted by Crippen LogP contribution is 2.41. The van der Waals surface area contributed by atoms with Gasteiger partial charge in [0.1, 0.15) is 42.5 Å². The minimum Gasteiger partial charge on any atom is -0.468 e. The van der Waals surface area contributed by atoms with Gasteiger partial charge in [0, 0.05) is 12.8 Å². The number of rotatable bonds is 4. The Kier molecular flexibility index (Phi) is 6.22. The van der Waals surface area contributed by atoms with Gasteiger partial charge in [0.25, 0.3) is 0 Å². The van der Waals surface area contributed by atoms with Gasteiger partial charge in [-0.3, -0.25) is 9.59 Å². The van der Waals surface area contributed by atoms with E-state index in [9.17, 15) is 30.0 Å². The van der Waals surface area contributed by atoms with Gasteiger partial charge in [-0.05, 0) is 6.92 Å². The van der Waals surface area contributed by atoms with Crippen LogP contribution in [0.25, 0.3) is 0 Å². The van der Waals surface area contributed by atoms with Crippen LogP contribution in [0.4, 0.5) is 0 Å². The topological polar surface area (TPSA) is 161 Å². The number of ether oxygens (including phenoxy) is 5. The molecule has 0 aliphatic carbocycles. The molecule has 2 saturated heterocycles. The molecule has 0 amide bonds. The molecule has 0 aromatic carbocycles. The molecule has 3 aliphatic rings. The second-order valence-corrected chi connectivity index (χ2v) is 7.03. The minimum absolute atomic E-state index is 0.0635. The van der Waals surface area contributed by atoms with E-state index in [-0.39, 0.29) is 12.2 Å². The molecule has 0 saturated carbocycles. The Bertz CT molecular complexity index is 633. The molecule has 3 aliphatic heterocycles. The molecule has 3 heterocycles. The fraction of sp³-hybridized carbons (Fsp3) is 0.765. The third-order valence-corrected chi connectivity index (χ3v) is 5.09. The first-order valence-corrected chi connectivity index (χ1v) is 8.92. The Labute approximate surface area is 160 Å². The third kappa shape index (κ3) is 4.00. The van der Waals surface area contributed by atoms with Crippen molar-refractivity contribution in [2.75, 3.05) is 6.61 Å². The van der Waals surface area contributed by atoms with Gasteiger partial charge < -0.3 is 44.1 Å². The van der Waals surface area contributed by atoms with Crippen molar-refractivity contribution in [3.8, 4) is 0 Å². The van der Waals surface area contributed by atoms with Crippen LogP contribution >= 0.6 is 0 Å². The number of cyclic esters (lactones) is 1. The van der Waals surface area contributed by atoms with Crippen LogP contribution in [0.3, 0.4) is 0 Å². The second-order valence-electron chi connectivity index (χ2n) is 7.03. The van der Waals surface area contributed by atoms with E-state index in [2.05, 4.69) is 0 Å². The van der Waals surface area contributed by atoms with E-state index >= 15 is 0 Å². The van der Waals surface area contributed by atoms with Crippen LogP contribution in [-0.2, 0) is 33.3 Å². The van der Waals surface area contributed by atoms with E-state index in [4.69, 9.17) is 23.7 Å². The van der Waals surface area contributed by atoms with Crippen molar-refractivity contribution in [1.82, 2.24) is 0 Å². The maximum atomic E-state index is 11.8. The highest BCUT2D eigenvalue weighted by atomic mass is 16.8. The number of aliphatic hydroxyl groups is 4. The molecule has 0 spiro atoms. The standard InChI is InChI=1S/C17H24O11/c1-6-12-8(3-11(20)25-6)10(26-7(2)19)5-24-16(12)28-17-15(23)14(22)13(21)9(4-18)27-17/h5-6,8-9,12-18,21-23H,3-4H2,1-2H3/t6-,8+,9+,12+,13+,14-,15+,16-,17-/m0/s1. The van der Waals surface area contributed by atoms with Crippen LogP contribution in [0.5, 0.6) is 0 Å². The zero-order valence-corrected chi connectivity index (χ0v) is 15.3. The predicted octanol–water partition coefficient (Wildman–Crippen LogP) is -1.87. The first-order chi connectivity index (χ1) is 13.2. The third-order valence-electron chi connectivity index (χ3n) is 5.09. The maximum absolute atomic E-state index is 11.8. The smallest absolute Gasteiger partial charge is 0.307 e. The number of fused-ring (bicyclic) bond motifs is 1. The van der Waals surface area contributed by atoms with Gasteiger partial charge in [-0.2, -0.15) is 0 Å². The van der Waals surface area contributed by atoms with Crippen LogP contribution in [0.15, 0.2) is 12.0 Å². The summed E-state index contributed by atoms with van der Waals surface area (Å²) in [5.41, 5.74) is 0. The first kappa shape index (κ1) is 21.0. The fourth-order valence-corrected chi connectivity index (χ4v) is 3.69. The van der Waals surface area contributed by atoms with E-state index in [1.807, 2.05) is 0 Å². The van der Waals surface area contributed by atoms with Gasteiger partial charge in [-0.25, -0.2) is 0 Å². The molecular formula is C17H24O11. The summed E-state index contributed by atoms with van der Waals surface area (Å²) in [4.78, 5) is 23.2. The minimum atomic E-state index is -1.61. The highest BCUT2D eigenvalue weighted by molar-refractivity contribution is 5.72. The summed E-state index contributed by atoms with van der Waals surface area (Å²) in [6.45, 7) is 2.24. The molecule has 2 fully saturated rings. The SMILES string of the molecule is CC(=O)OC1=CO[C@@H](O[C@@H]2O[C@H](CO)[C@@H](O)[C@H](O)[C@H]2O)[C@@H]2[C@H](C)OC(=O)C[C@H]12. The monoisotopic (exact) mass is 404 g/mol. The Hall–Kier alpha value is -1.76. The Morgan fingerprint density at radius 1 is 1.21 bits per heavy atom. The summed E-state index contributed by atoms with van der Waals surface area (Å²) in [6, 6.07) is 0. The van der Waals surface area contributed by atoms with Crippen LogP contribution in [-0.4, -0.2) is 82.1 Å². The van der Waals surface area contributed by atoms with Gasteiger partial charge in [-0.15, -0.1) is 0 Å². The van der Waals surface area contributed by atoms with E-state index < -0.39 is 73.5 Å². The number of allylic oxidation sites excluding steroid dienone is 1. The molecule has 28 heavy (non-hydrogen) atoms. The summed E-state index contributed by atoms with van der Waals surface area (Å²) in [6.07, 6.45) is -7.95. The lowest BCUT2D eigenvalue weighted by Gasteiger charge is -2.45. The number of carbonyl (C=O) groups excluding carboxylic acids is 2. The average molecular weight is 404 g/mol. The summed E-state index contributed by atoms with van der Waals surface area (Å²) in [5, 5.41) is 39.2. The second kappa shape index (κ2) is 8.31. The predicted molar refractivity (Wildman–Crippen MR) is 86.7 cm³/mol. The lowest BCUT2D eigenvalue weighted by atomic mass is 9.80. The Morgan fingerprint density at radius 3 is 2.57 bits per heavy atom. The van der Waals surface area contributed by atoms with Crippen molar-refractivity contribution in [3.05, 3.63) is 12.0 Å². The molecule has 0 aromatic rings. The summed E-state index contributed by atoms with van der Waals surface area (Å²) in [5.74, 6) is -2.04. The molecule has 0 radical (unpaired) electrons. The van der Waals surface area contributed by atoms with Crippen LogP contribution in [0, 0.1) is 11.8 Å². The van der Waals surface area contributed by atoms with Crippen molar-refractivity contribution >= 4 is 11.9 Å². The maximum Gasteiger partial charge on any atom is 0.307 e. The van der Waals surface area contributed by atoms with E-state index in [1.54, 1.807) is 6.92 Å². The van der Waals surface area contributed by atoms with Crippen LogP contribution in [0.1, 0.15) is 20.3 Å². The van der Waals surface area contributed by atoms with Gasteiger partial charge in [-0.1, -0.05) is 0 Å². The number of carbonyl (C=O) groups is 2. The van der Waals surface area contributed by atoms with Crippen molar-refractivity contribution in [1.29, 1.82) is 0 Å². The van der Waals surface area contributed by atoms with E-state index in [0.717, 1.165) is 6.26 Å². The molecule has 4 N–H and O–H groups in total. The van der Waals surface area contributed by atoms with Crippen molar-refractivity contribution in [2.45, 2.75) is 63.4 Å². The molecule has 0 aromatic heterocycles. The number of hydrogen-bond donors (Lipinski definition) is 4. The Balaban J connectivity index is 1.80. The molecule has 11 heteroatoms. The molecule has 0 bridgehead atoms. The largest absolute Gasteiger partial charge is 0.468 e. The lowest BCUT2D eigenvalue weighted by Crippen LogP contribution is -2.61. The molecular weight excluding hydrogens is 380 g/mol. The van der Waals surface area contributed by atoms with E-state index in [1.165, 1.54) is 6.92 Å². The van der Waals surface area contributed by atoms with Gasteiger partial charge in [0.15, 0.2) is 6.29 Å². The zero-order valence-electron chi connectivity index (χ0n) is 15.3. The molecule has 11 nitrogen and oxygen atoms in total. The summed E-state index contributed by atoms with van der Waals surface area (Å²) >= 11 is 0. The first-order valence-electron chi connectivity index (χ1n) is 8.92. The lowest BCUT2D eigenvalue weighted by molar-refractivity contribution is -0.347. The number of aliphatic hydroxyl groups excluding tert-OH is 4. The normalized spacial score (nSPS) is 43.3. The van der Waals surface area contributed by atoms with Gasteiger partial charge in [0.05, 0.1) is 18.9 Å². The number of esters is 2. The quantitative estimate of drug-likeness (QED) is 0.389. The fourth-order valence-electron chi connectivity index (χ4n) is 3.69. The van der Waals surface area contributed by atoms with Crippen molar-refractivity contribution in [3.63, 3.8) is 0 Å². The summed E-state index contributed by atoms with van der Waals surface area (Å²) in [7, 11) is 0. The molecule has 0 unspecified atom stereocenters. The molecule has 9 atom stereocenters. The van der Waals surface area contributed by atoms with Crippen LogP contribution in [0.2, 0.25) is 0 Å². The van der Waals surface area contributed by atoms with E-state index in [0.29, 0.717) is 0 Å².